The van der Waals surface area contributed by atoms with Gasteiger partial charge in [-0.15, -0.1) is 0 Å². The molecule has 0 saturated heterocycles. The van der Waals surface area contributed by atoms with Gasteiger partial charge in [0.15, 0.2) is 69.9 Å². The minimum Gasteiger partial charge on any atom is -0.208 e. The van der Waals surface area contributed by atoms with Crippen LogP contribution >= 0.6 is 0 Å². The Morgan fingerprint density at radius 2 is 0.339 bits per heavy atom. The third kappa shape index (κ3) is 12.4. The van der Waals surface area contributed by atoms with E-state index in [0.717, 1.165) is 186 Å². The molecule has 4 aromatic heterocycles. The number of hydrogen-bond donors (Lipinski definition) is 0. The Morgan fingerprint density at radius 1 is 0.105 bits per heavy atom. The van der Waals surface area contributed by atoms with Crippen molar-refractivity contribution in [3.05, 3.63) is 400 Å². The predicted molar refractivity (Wildman–Crippen MR) is 506 cm³/mol. The molecule has 24 rings (SSSR count). The van der Waals surface area contributed by atoms with Gasteiger partial charge in [-0.05, 0) is 161 Å². The summed E-state index contributed by atoms with van der Waals surface area (Å²) in [7, 11) is 0. The van der Waals surface area contributed by atoms with E-state index in [4.69, 9.17) is 59.8 Å². The van der Waals surface area contributed by atoms with E-state index in [9.17, 15) is 0 Å². The fourth-order valence-electron chi connectivity index (χ4n) is 18.2. The van der Waals surface area contributed by atoms with Crippen molar-refractivity contribution < 1.29 is 0 Å². The van der Waals surface area contributed by atoms with Crippen molar-refractivity contribution in [2.24, 2.45) is 0 Å². The molecule has 0 bridgehead atoms. The molecule has 0 saturated carbocycles. The van der Waals surface area contributed by atoms with Crippen LogP contribution < -0.4 is 0 Å². The van der Waals surface area contributed by atoms with Crippen molar-refractivity contribution in [3.8, 4) is 148 Å². The molecule has 12 nitrogen and oxygen atoms in total. The first kappa shape index (κ1) is 71.2. The molecule has 0 aliphatic rings. The second-order valence-electron chi connectivity index (χ2n) is 31.3. The lowest BCUT2D eigenvalue weighted by atomic mass is 9.83. The van der Waals surface area contributed by atoms with Crippen molar-refractivity contribution in [1.29, 1.82) is 0 Å². The van der Waals surface area contributed by atoms with E-state index in [1.165, 1.54) is 0 Å². The van der Waals surface area contributed by atoms with Gasteiger partial charge in [0.1, 0.15) is 0 Å². The quantitative estimate of drug-likeness (QED) is 0.101. The molecule has 20 aromatic carbocycles. The molecule has 0 radical (unpaired) electrons. The van der Waals surface area contributed by atoms with E-state index in [-0.39, 0.29) is 0 Å². The lowest BCUT2D eigenvalue weighted by Crippen LogP contribution is -2.01. The average molecular weight is 1580 g/mol. The molecule has 0 unspecified atom stereocenters. The van der Waals surface area contributed by atoms with E-state index in [1.807, 2.05) is 170 Å². The van der Waals surface area contributed by atoms with E-state index < -0.39 is 0 Å². The van der Waals surface area contributed by atoms with Gasteiger partial charge in [-0.3, -0.25) is 0 Å². The van der Waals surface area contributed by atoms with Gasteiger partial charge in [0.25, 0.3) is 0 Å². The molecule has 574 valence electrons. The standard InChI is InChI=1S/C112H66N12/c1-9-30-67(31-10-1)101-113-102(68-32-11-2-12-33-68)118-109(117-101)78-56-58-83-85-49-27-46-75-62-93(89-52-28-50-87(100(89)96(75)85)84-59-57-79(64-92(84)91(83)63-78)110-119-103(69-34-13-3-14-35-69)114-104(120-110)70-36-15-4-16-37-70)88-51-29-53-90-95-66-81(112-123-107(73-42-21-7-22-43-73)116-108(124-112)74-44-23-8-24-45-74)61-77-55-54-76-60-80(65-94(97(76)98(77)95)82-47-25-26-48-86(82)99(88)90)111-121-105(71-38-17-5-18-39-71)115-106(122-111)72-40-19-6-20-41-72/h1-66H. The number of rotatable bonds is 13. The molecule has 0 spiro atoms. The van der Waals surface area contributed by atoms with Crippen LogP contribution in [-0.2, 0) is 0 Å². The van der Waals surface area contributed by atoms with Crippen LogP contribution in [0.15, 0.2) is 400 Å². The van der Waals surface area contributed by atoms with Crippen LogP contribution in [0.4, 0.5) is 0 Å². The fourth-order valence-corrected chi connectivity index (χ4v) is 18.2. The molecular formula is C112H66N12. The second-order valence-corrected chi connectivity index (χ2v) is 31.3. The van der Waals surface area contributed by atoms with Gasteiger partial charge in [0.2, 0.25) is 0 Å². The molecule has 4 heterocycles. The predicted octanol–water partition coefficient (Wildman–Crippen LogP) is 27.6. The molecule has 24 aromatic rings. The highest BCUT2D eigenvalue weighted by Crippen LogP contribution is 2.50. The maximum Gasteiger partial charge on any atom is 0.164 e. The molecule has 124 heavy (non-hydrogen) atoms. The Labute approximate surface area is 711 Å². The summed E-state index contributed by atoms with van der Waals surface area (Å²) >= 11 is 0. The van der Waals surface area contributed by atoms with E-state index >= 15 is 0 Å². The normalized spacial score (nSPS) is 11.7. The summed E-state index contributed by atoms with van der Waals surface area (Å²) in [5.41, 5.74) is 12.6. The first-order chi connectivity index (χ1) is 61.4. The van der Waals surface area contributed by atoms with Gasteiger partial charge in [0.05, 0.1) is 0 Å². The van der Waals surface area contributed by atoms with Gasteiger partial charge in [-0.25, -0.2) is 59.8 Å². The number of aromatic nitrogens is 12. The third-order valence-electron chi connectivity index (χ3n) is 23.9. The molecule has 0 aliphatic carbocycles. The molecule has 0 atom stereocenters. The van der Waals surface area contributed by atoms with E-state index in [1.54, 1.807) is 0 Å². The smallest absolute Gasteiger partial charge is 0.164 e. The van der Waals surface area contributed by atoms with Gasteiger partial charge < -0.3 is 0 Å². The lowest BCUT2D eigenvalue weighted by molar-refractivity contribution is 1.07. The Kier molecular flexibility index (Phi) is 17.0. The number of benzene rings is 18. The zero-order valence-electron chi connectivity index (χ0n) is 66.5. The molecule has 0 amide bonds. The van der Waals surface area contributed by atoms with Crippen LogP contribution in [0.25, 0.3) is 256 Å². The molecule has 12 heteroatoms. The van der Waals surface area contributed by atoms with Crippen LogP contribution in [0.2, 0.25) is 0 Å². The summed E-state index contributed by atoms with van der Waals surface area (Å²) in [5.74, 6) is 6.82. The minimum absolute atomic E-state index is 0.539. The van der Waals surface area contributed by atoms with Crippen LogP contribution in [0, 0.1) is 0 Å². The number of nitrogens with zero attached hydrogens (tertiary/aromatic N) is 12. The highest BCUT2D eigenvalue weighted by atomic mass is 15.1. The van der Waals surface area contributed by atoms with Crippen molar-refractivity contribution >= 4 is 108 Å². The first-order valence-electron chi connectivity index (χ1n) is 41.5. The monoisotopic (exact) mass is 1580 g/mol. The highest BCUT2D eigenvalue weighted by molar-refractivity contribution is 6.38. The topological polar surface area (TPSA) is 155 Å². The van der Waals surface area contributed by atoms with Crippen molar-refractivity contribution in [1.82, 2.24) is 59.8 Å². The first-order valence-corrected chi connectivity index (χ1v) is 41.5. The van der Waals surface area contributed by atoms with Crippen LogP contribution in [0.1, 0.15) is 0 Å². The van der Waals surface area contributed by atoms with Crippen LogP contribution in [0.3, 0.4) is 0 Å². The van der Waals surface area contributed by atoms with Gasteiger partial charge >= 0.3 is 0 Å². The summed E-state index contributed by atoms with van der Waals surface area (Å²) < 4.78 is 0. The Balaban J connectivity index is 0.807. The summed E-state index contributed by atoms with van der Waals surface area (Å²) in [5, 5.41) is 21.1. The molecular weight excluding hydrogens is 1510 g/mol. The highest BCUT2D eigenvalue weighted by Gasteiger charge is 2.26. The Morgan fingerprint density at radius 3 is 0.702 bits per heavy atom. The van der Waals surface area contributed by atoms with Crippen molar-refractivity contribution in [2.45, 2.75) is 0 Å². The van der Waals surface area contributed by atoms with Gasteiger partial charge in [0, 0.05) is 66.8 Å². The van der Waals surface area contributed by atoms with Gasteiger partial charge in [-0.2, -0.15) is 0 Å². The number of fused-ring (bicyclic) bond motifs is 10. The molecule has 0 fully saturated rings. The maximum atomic E-state index is 5.43. The van der Waals surface area contributed by atoms with E-state index in [2.05, 4.69) is 231 Å². The average Bonchev–Trinajstić information content (AvgIpc) is 0.707. The zero-order valence-corrected chi connectivity index (χ0v) is 66.5. The summed E-state index contributed by atoms with van der Waals surface area (Å²) in [4.78, 5) is 63.7. The second kappa shape index (κ2) is 29.5. The maximum absolute atomic E-state index is 5.43. The van der Waals surface area contributed by atoms with E-state index in [0.29, 0.717) is 69.9 Å². The largest absolute Gasteiger partial charge is 0.208 e. The third-order valence-corrected chi connectivity index (χ3v) is 23.9. The van der Waals surface area contributed by atoms with Crippen LogP contribution in [-0.4, -0.2) is 59.8 Å². The SMILES string of the molecule is c1ccc(-c2nc(-c3ccccc3)nc(-c3ccc4c(c3)c3cc(-c5nc(-c6ccccc6)nc(-c6ccccc6)n5)ccc3c3cccc5c(-c6cccc7c8cc(-c9nc(-c%10ccccc%10)nc(-c%10ccccc%10)n9)cc9ccc%10cc(-c%11nc(-c%12ccccc%12)nc(-c%12ccccc%12)n%11)cc(c%11ccccc%11c67)c%10c98)cc6cccc4c6c53)n2)cc1. The Bertz CT molecular complexity index is 8210. The van der Waals surface area contributed by atoms with Crippen molar-refractivity contribution in [3.63, 3.8) is 0 Å². The summed E-state index contributed by atoms with van der Waals surface area (Å²) in [6, 6.07) is 140. The lowest BCUT2D eigenvalue weighted by Gasteiger charge is -2.20. The summed E-state index contributed by atoms with van der Waals surface area (Å²) in [6.07, 6.45) is 0. The Hall–Kier alpha value is -17.0. The summed E-state index contributed by atoms with van der Waals surface area (Å²) in [6.45, 7) is 0. The van der Waals surface area contributed by atoms with Crippen LogP contribution in [0.5, 0.6) is 0 Å². The number of hydrogen-bond acceptors (Lipinski definition) is 12. The zero-order chi connectivity index (χ0) is 81.7. The molecule has 0 aliphatic heterocycles. The minimum atomic E-state index is 0.539. The fraction of sp³-hybridized carbons (Fsp3) is 0. The molecule has 0 N–H and O–H groups in total. The van der Waals surface area contributed by atoms with Gasteiger partial charge in [-0.1, -0.05) is 358 Å². The van der Waals surface area contributed by atoms with Crippen molar-refractivity contribution in [2.75, 3.05) is 0 Å².